The van der Waals surface area contributed by atoms with Gasteiger partial charge in [0.2, 0.25) is 0 Å². The van der Waals surface area contributed by atoms with Crippen molar-refractivity contribution >= 4 is 5.91 Å². The van der Waals surface area contributed by atoms with Gasteiger partial charge in [-0.05, 0) is 29.7 Å². The number of ether oxygens (including phenoxy) is 1. The monoisotopic (exact) mass is 406 g/mol. The highest BCUT2D eigenvalue weighted by Crippen LogP contribution is 2.26. The fourth-order valence-electron chi connectivity index (χ4n) is 3.27. The van der Waals surface area contributed by atoms with E-state index in [4.69, 9.17) is 10.5 Å². The molecule has 0 aliphatic heterocycles. The van der Waals surface area contributed by atoms with Crippen molar-refractivity contribution in [3.8, 4) is 11.5 Å². The Labute approximate surface area is 175 Å². The van der Waals surface area contributed by atoms with Crippen molar-refractivity contribution < 1.29 is 19.7 Å². The molecule has 0 radical (unpaired) electrons. The summed E-state index contributed by atoms with van der Waals surface area (Å²) < 4.78 is 5.66. The molecule has 3 aromatic carbocycles. The molecule has 0 saturated heterocycles. The summed E-state index contributed by atoms with van der Waals surface area (Å²) in [7, 11) is 0. The van der Waals surface area contributed by atoms with E-state index in [0.717, 1.165) is 11.1 Å². The molecule has 0 aliphatic rings. The van der Waals surface area contributed by atoms with Gasteiger partial charge in [-0.25, -0.2) is 0 Å². The van der Waals surface area contributed by atoms with Gasteiger partial charge in [-0.3, -0.25) is 4.79 Å². The molecule has 0 spiro atoms. The lowest BCUT2D eigenvalue weighted by Gasteiger charge is -2.23. The Morgan fingerprint density at radius 2 is 1.60 bits per heavy atom. The molecule has 2 unspecified atom stereocenters. The summed E-state index contributed by atoms with van der Waals surface area (Å²) >= 11 is 0. The lowest BCUT2D eigenvalue weighted by molar-refractivity contribution is 0.0997. The lowest BCUT2D eigenvalue weighted by atomic mass is 9.97. The summed E-state index contributed by atoms with van der Waals surface area (Å²) in [5, 5.41) is 23.9. The fraction of sp³-hybridized carbons (Fsp3) is 0.208. The number of aliphatic hydroxyl groups excluding tert-OH is 1. The fourth-order valence-corrected chi connectivity index (χ4v) is 3.27. The molecule has 0 bridgehead atoms. The van der Waals surface area contributed by atoms with Crippen LogP contribution < -0.4 is 15.8 Å². The number of nitrogens with one attached hydrogen (secondary N) is 1. The van der Waals surface area contributed by atoms with Crippen molar-refractivity contribution in [2.45, 2.75) is 18.6 Å². The third-order valence-corrected chi connectivity index (χ3v) is 4.84. The molecule has 0 fully saturated rings. The van der Waals surface area contributed by atoms with E-state index in [9.17, 15) is 15.0 Å². The zero-order valence-corrected chi connectivity index (χ0v) is 16.6. The van der Waals surface area contributed by atoms with Crippen LogP contribution in [0.1, 0.15) is 40.1 Å². The molecule has 3 rings (SSSR count). The van der Waals surface area contributed by atoms with Gasteiger partial charge in [0.05, 0.1) is 11.7 Å². The van der Waals surface area contributed by atoms with Crippen LogP contribution in [0.15, 0.2) is 78.9 Å². The number of aliphatic hydroxyl groups is 1. The number of rotatable bonds is 10. The zero-order chi connectivity index (χ0) is 21.3. The van der Waals surface area contributed by atoms with Gasteiger partial charge < -0.3 is 26.0 Å². The molecule has 5 N–H and O–H groups in total. The van der Waals surface area contributed by atoms with Gasteiger partial charge in [0, 0.05) is 18.7 Å². The van der Waals surface area contributed by atoms with Crippen LogP contribution in [0.5, 0.6) is 11.5 Å². The van der Waals surface area contributed by atoms with E-state index in [1.807, 2.05) is 60.7 Å². The third-order valence-electron chi connectivity index (χ3n) is 4.84. The van der Waals surface area contributed by atoms with E-state index in [-0.39, 0.29) is 17.4 Å². The molecule has 0 aromatic heterocycles. The van der Waals surface area contributed by atoms with Crippen LogP contribution >= 0.6 is 0 Å². The predicted molar refractivity (Wildman–Crippen MR) is 115 cm³/mol. The van der Waals surface area contributed by atoms with Gasteiger partial charge in [0.1, 0.15) is 18.1 Å². The highest BCUT2D eigenvalue weighted by atomic mass is 16.5. The van der Waals surface area contributed by atoms with E-state index in [1.54, 1.807) is 6.07 Å². The van der Waals surface area contributed by atoms with Crippen LogP contribution in [0.25, 0.3) is 0 Å². The van der Waals surface area contributed by atoms with Gasteiger partial charge >= 0.3 is 0 Å². The summed E-state index contributed by atoms with van der Waals surface area (Å²) in [5.41, 5.74) is 7.20. The minimum absolute atomic E-state index is 0.0551. The number of benzene rings is 3. The second-order valence-electron chi connectivity index (χ2n) is 6.97. The lowest BCUT2D eigenvalue weighted by Crippen LogP contribution is -2.27. The third kappa shape index (κ3) is 5.83. The molecular formula is C24H26N2O4. The number of amides is 1. The first-order valence-corrected chi connectivity index (χ1v) is 9.81. The number of hydrogen-bond acceptors (Lipinski definition) is 5. The second-order valence-corrected chi connectivity index (χ2v) is 6.97. The number of phenols is 1. The van der Waals surface area contributed by atoms with Crippen LogP contribution in [0.2, 0.25) is 0 Å². The highest BCUT2D eigenvalue weighted by molar-refractivity contribution is 5.95. The van der Waals surface area contributed by atoms with Crippen molar-refractivity contribution in [2.24, 2.45) is 5.73 Å². The molecule has 6 nitrogen and oxygen atoms in total. The predicted octanol–water partition coefficient (Wildman–Crippen LogP) is 3.32. The average Bonchev–Trinajstić information content (AvgIpc) is 2.76. The number of hydrogen-bond donors (Lipinski definition) is 4. The van der Waals surface area contributed by atoms with E-state index in [0.29, 0.717) is 25.3 Å². The van der Waals surface area contributed by atoms with Crippen LogP contribution in [-0.2, 0) is 0 Å². The van der Waals surface area contributed by atoms with E-state index < -0.39 is 12.0 Å². The topological polar surface area (TPSA) is 105 Å². The Hall–Kier alpha value is -3.35. The molecule has 0 aliphatic carbocycles. The van der Waals surface area contributed by atoms with Gasteiger partial charge in [-0.1, -0.05) is 60.7 Å². The first-order valence-electron chi connectivity index (χ1n) is 9.81. The summed E-state index contributed by atoms with van der Waals surface area (Å²) in [5.74, 6) is -0.454. The van der Waals surface area contributed by atoms with Crippen molar-refractivity contribution in [3.63, 3.8) is 0 Å². The Kier molecular flexibility index (Phi) is 7.43. The Balaban J connectivity index is 1.59. The number of primary amides is 1. The van der Waals surface area contributed by atoms with E-state index >= 15 is 0 Å². The Morgan fingerprint density at radius 3 is 2.20 bits per heavy atom. The number of aromatic hydroxyl groups is 1. The molecule has 0 heterocycles. The highest BCUT2D eigenvalue weighted by Gasteiger charge is 2.17. The maximum Gasteiger partial charge on any atom is 0.252 e. The number of carbonyl (C=O) groups is 1. The first-order chi connectivity index (χ1) is 14.5. The summed E-state index contributed by atoms with van der Waals surface area (Å²) in [6.45, 7) is 0.875. The quantitative estimate of drug-likeness (QED) is 0.387. The molecule has 3 aromatic rings. The zero-order valence-electron chi connectivity index (χ0n) is 16.6. The van der Waals surface area contributed by atoms with Crippen molar-refractivity contribution in [1.82, 2.24) is 5.32 Å². The SMILES string of the molecule is NC(=O)c1ccc(OCCNC(CC(O)c2ccccc2)c2ccccc2)cc1O. The maximum atomic E-state index is 11.2. The summed E-state index contributed by atoms with van der Waals surface area (Å²) in [4.78, 5) is 11.2. The van der Waals surface area contributed by atoms with Gasteiger partial charge in [0.15, 0.2) is 0 Å². The molecule has 2 atom stereocenters. The number of carbonyl (C=O) groups excluding carboxylic acids is 1. The largest absolute Gasteiger partial charge is 0.507 e. The smallest absolute Gasteiger partial charge is 0.252 e. The minimum Gasteiger partial charge on any atom is -0.507 e. The first kappa shape index (κ1) is 21.4. The van der Waals surface area contributed by atoms with Gasteiger partial charge in [0.25, 0.3) is 5.91 Å². The molecule has 0 saturated carbocycles. The molecular weight excluding hydrogens is 380 g/mol. The van der Waals surface area contributed by atoms with Crippen LogP contribution in [0.4, 0.5) is 0 Å². The summed E-state index contributed by atoms with van der Waals surface area (Å²) in [6.07, 6.45) is -0.0783. The normalized spacial score (nSPS) is 12.8. The molecule has 156 valence electrons. The maximum absolute atomic E-state index is 11.2. The minimum atomic E-state index is -0.691. The molecule has 30 heavy (non-hydrogen) atoms. The van der Waals surface area contributed by atoms with E-state index in [2.05, 4.69) is 5.32 Å². The molecule has 1 amide bonds. The second kappa shape index (κ2) is 10.4. The van der Waals surface area contributed by atoms with Crippen molar-refractivity contribution in [2.75, 3.05) is 13.2 Å². The molecule has 6 heteroatoms. The van der Waals surface area contributed by atoms with Crippen molar-refractivity contribution in [3.05, 3.63) is 95.6 Å². The van der Waals surface area contributed by atoms with E-state index in [1.165, 1.54) is 12.1 Å². The van der Waals surface area contributed by atoms with Gasteiger partial charge in [-0.15, -0.1) is 0 Å². The average molecular weight is 406 g/mol. The Morgan fingerprint density at radius 1 is 0.967 bits per heavy atom. The van der Waals surface area contributed by atoms with Gasteiger partial charge in [-0.2, -0.15) is 0 Å². The van der Waals surface area contributed by atoms with Crippen LogP contribution in [0.3, 0.4) is 0 Å². The summed E-state index contributed by atoms with van der Waals surface area (Å²) in [6, 6.07) is 23.9. The van der Waals surface area contributed by atoms with Crippen LogP contribution in [0, 0.1) is 0 Å². The van der Waals surface area contributed by atoms with Crippen molar-refractivity contribution in [1.29, 1.82) is 0 Å². The van der Waals surface area contributed by atoms with Crippen LogP contribution in [-0.4, -0.2) is 29.3 Å². The Bertz CT molecular complexity index is 948. The number of nitrogens with two attached hydrogens (primary N) is 1. The standard InChI is InChI=1S/C24H26N2O4/c25-24(29)20-12-11-19(15-23(20)28)30-14-13-26-21(17-7-3-1-4-8-17)16-22(27)18-9-5-2-6-10-18/h1-12,15,21-22,26-28H,13-14,16H2,(H2,25,29).